The van der Waals surface area contributed by atoms with E-state index >= 15 is 0 Å². The Morgan fingerprint density at radius 1 is 1.08 bits per heavy atom. The minimum absolute atomic E-state index is 0.112. The fourth-order valence-corrected chi connectivity index (χ4v) is 4.48. The molecule has 0 spiro atoms. The average molecular weight is 393 g/mol. The molecule has 0 bridgehead atoms. The lowest BCUT2D eigenvalue weighted by Crippen LogP contribution is -2.50. The van der Waals surface area contributed by atoms with E-state index in [0.29, 0.717) is 18.1 Å². The summed E-state index contributed by atoms with van der Waals surface area (Å²) >= 11 is 5.82. The van der Waals surface area contributed by atoms with Crippen LogP contribution >= 0.6 is 11.6 Å². The standard InChI is InChI=1S/C19H21ClN2O3S/c1-21-11-12-22(18(13-21)15-5-3-2-4-6-15)19(23)14-26(24,25)17-9-7-16(20)8-10-17/h2-10,18H,11-14H2,1H3/t18-/m0/s1. The normalized spacial score (nSPS) is 18.7. The molecule has 1 aliphatic rings. The molecule has 0 radical (unpaired) electrons. The van der Waals surface area contributed by atoms with E-state index in [0.717, 1.165) is 12.1 Å². The maximum absolute atomic E-state index is 12.8. The van der Waals surface area contributed by atoms with Gasteiger partial charge in [0.05, 0.1) is 10.9 Å². The summed E-state index contributed by atoms with van der Waals surface area (Å²) in [7, 11) is -1.71. The smallest absolute Gasteiger partial charge is 0.238 e. The molecule has 26 heavy (non-hydrogen) atoms. The maximum atomic E-state index is 12.8. The van der Waals surface area contributed by atoms with E-state index in [1.165, 1.54) is 24.3 Å². The summed E-state index contributed by atoms with van der Waals surface area (Å²) in [6.45, 7) is 1.90. The van der Waals surface area contributed by atoms with Crippen LogP contribution in [0, 0.1) is 0 Å². The number of nitrogens with zero attached hydrogens (tertiary/aromatic N) is 2. The molecular formula is C19H21ClN2O3S. The highest BCUT2D eigenvalue weighted by Gasteiger charge is 2.32. The Morgan fingerprint density at radius 2 is 1.73 bits per heavy atom. The molecule has 2 aromatic carbocycles. The number of amides is 1. The van der Waals surface area contributed by atoms with Gasteiger partial charge in [-0.3, -0.25) is 4.79 Å². The number of carbonyl (C=O) groups is 1. The van der Waals surface area contributed by atoms with Crippen LogP contribution in [0.2, 0.25) is 5.02 Å². The number of halogens is 1. The second kappa shape index (κ2) is 7.78. The molecule has 1 heterocycles. The van der Waals surface area contributed by atoms with E-state index < -0.39 is 15.6 Å². The van der Waals surface area contributed by atoms with Gasteiger partial charge in [-0.25, -0.2) is 8.42 Å². The van der Waals surface area contributed by atoms with Gasteiger partial charge in [-0.1, -0.05) is 41.9 Å². The summed E-state index contributed by atoms with van der Waals surface area (Å²) in [5, 5.41) is 0.457. The molecule has 1 saturated heterocycles. The van der Waals surface area contributed by atoms with Crippen molar-refractivity contribution < 1.29 is 13.2 Å². The Hall–Kier alpha value is -1.89. The first-order valence-corrected chi connectivity index (χ1v) is 10.4. The van der Waals surface area contributed by atoms with Crippen molar-refractivity contribution in [3.63, 3.8) is 0 Å². The molecule has 0 N–H and O–H groups in total. The predicted octanol–water partition coefficient (Wildman–Crippen LogP) is 2.63. The summed E-state index contributed by atoms with van der Waals surface area (Å²) in [6.07, 6.45) is 0. The second-order valence-electron chi connectivity index (χ2n) is 6.49. The summed E-state index contributed by atoms with van der Waals surface area (Å²) in [4.78, 5) is 16.8. The number of hydrogen-bond donors (Lipinski definition) is 0. The molecule has 3 rings (SSSR count). The summed E-state index contributed by atoms with van der Waals surface area (Å²) in [5.74, 6) is -0.913. The van der Waals surface area contributed by atoms with Crippen LogP contribution < -0.4 is 0 Å². The molecule has 0 aliphatic carbocycles. The molecule has 0 saturated carbocycles. The predicted molar refractivity (Wildman–Crippen MR) is 102 cm³/mol. The molecule has 0 aromatic heterocycles. The maximum Gasteiger partial charge on any atom is 0.238 e. The van der Waals surface area contributed by atoms with Crippen molar-refractivity contribution in [2.75, 3.05) is 32.4 Å². The van der Waals surface area contributed by atoms with E-state index in [-0.39, 0.29) is 16.8 Å². The van der Waals surface area contributed by atoms with Gasteiger partial charge in [0, 0.05) is 24.7 Å². The number of piperazine rings is 1. The first-order valence-electron chi connectivity index (χ1n) is 8.38. The highest BCUT2D eigenvalue weighted by atomic mass is 35.5. The van der Waals surface area contributed by atoms with Crippen molar-refractivity contribution in [2.45, 2.75) is 10.9 Å². The van der Waals surface area contributed by atoms with Crippen LogP contribution in [0.15, 0.2) is 59.5 Å². The third-order valence-electron chi connectivity index (χ3n) is 4.57. The molecule has 138 valence electrons. The van der Waals surface area contributed by atoms with Gasteiger partial charge in [0.2, 0.25) is 5.91 Å². The van der Waals surface area contributed by atoms with Gasteiger partial charge in [-0.2, -0.15) is 0 Å². The Kier molecular flexibility index (Phi) is 5.65. The highest BCUT2D eigenvalue weighted by Crippen LogP contribution is 2.26. The van der Waals surface area contributed by atoms with Gasteiger partial charge in [0.25, 0.3) is 0 Å². The molecule has 1 aliphatic heterocycles. The average Bonchev–Trinajstić information content (AvgIpc) is 2.62. The van der Waals surface area contributed by atoms with Crippen LogP contribution in [-0.2, 0) is 14.6 Å². The van der Waals surface area contributed by atoms with Crippen LogP contribution in [-0.4, -0.2) is 56.6 Å². The topological polar surface area (TPSA) is 57.7 Å². The van der Waals surface area contributed by atoms with Crippen molar-refractivity contribution in [1.82, 2.24) is 9.80 Å². The highest BCUT2D eigenvalue weighted by molar-refractivity contribution is 7.92. The van der Waals surface area contributed by atoms with Gasteiger partial charge in [-0.15, -0.1) is 0 Å². The lowest BCUT2D eigenvalue weighted by atomic mass is 10.0. The zero-order chi connectivity index (χ0) is 18.7. The zero-order valence-electron chi connectivity index (χ0n) is 14.5. The number of likely N-dealkylation sites (N-methyl/N-ethyl adjacent to an activating group) is 1. The minimum atomic E-state index is -3.71. The Labute approximate surface area is 159 Å². The van der Waals surface area contributed by atoms with Crippen LogP contribution in [0.1, 0.15) is 11.6 Å². The monoisotopic (exact) mass is 392 g/mol. The van der Waals surface area contributed by atoms with Crippen LogP contribution in [0.5, 0.6) is 0 Å². The van der Waals surface area contributed by atoms with E-state index in [1.807, 2.05) is 37.4 Å². The van der Waals surface area contributed by atoms with Gasteiger partial charge >= 0.3 is 0 Å². The van der Waals surface area contributed by atoms with E-state index in [2.05, 4.69) is 4.90 Å². The van der Waals surface area contributed by atoms with Crippen molar-refractivity contribution in [3.05, 3.63) is 65.2 Å². The summed E-state index contributed by atoms with van der Waals surface area (Å²) < 4.78 is 25.2. The number of sulfone groups is 1. The van der Waals surface area contributed by atoms with Gasteiger partial charge in [0.15, 0.2) is 9.84 Å². The summed E-state index contributed by atoms with van der Waals surface area (Å²) in [5.41, 5.74) is 1.01. The first-order chi connectivity index (χ1) is 12.4. The minimum Gasteiger partial charge on any atom is -0.332 e. The Bertz CT molecular complexity index is 869. The Morgan fingerprint density at radius 3 is 2.38 bits per heavy atom. The van der Waals surface area contributed by atoms with Crippen LogP contribution in [0.3, 0.4) is 0 Å². The summed E-state index contributed by atoms with van der Waals surface area (Å²) in [6, 6.07) is 15.5. The van der Waals surface area contributed by atoms with Crippen molar-refractivity contribution >= 4 is 27.3 Å². The molecule has 1 fully saturated rings. The van der Waals surface area contributed by atoms with Gasteiger partial charge in [-0.05, 0) is 36.9 Å². The second-order valence-corrected chi connectivity index (χ2v) is 8.91. The first kappa shape index (κ1) is 18.9. The molecule has 5 nitrogen and oxygen atoms in total. The number of rotatable bonds is 4. The quantitative estimate of drug-likeness (QED) is 0.802. The lowest BCUT2D eigenvalue weighted by Gasteiger charge is -2.40. The van der Waals surface area contributed by atoms with Crippen LogP contribution in [0.25, 0.3) is 0 Å². The van der Waals surface area contributed by atoms with Crippen molar-refractivity contribution in [3.8, 4) is 0 Å². The number of carbonyl (C=O) groups excluding carboxylic acids is 1. The molecule has 0 unspecified atom stereocenters. The lowest BCUT2D eigenvalue weighted by molar-refractivity contribution is -0.133. The SMILES string of the molecule is CN1CCN(C(=O)CS(=O)(=O)c2ccc(Cl)cc2)[C@H](c2ccccc2)C1. The fourth-order valence-electron chi connectivity index (χ4n) is 3.15. The number of hydrogen-bond acceptors (Lipinski definition) is 4. The molecular weight excluding hydrogens is 372 g/mol. The third kappa shape index (κ3) is 4.26. The number of benzene rings is 2. The largest absolute Gasteiger partial charge is 0.332 e. The zero-order valence-corrected chi connectivity index (χ0v) is 16.1. The van der Waals surface area contributed by atoms with Crippen LogP contribution in [0.4, 0.5) is 0 Å². The van der Waals surface area contributed by atoms with Crippen molar-refractivity contribution in [2.24, 2.45) is 0 Å². The molecule has 7 heteroatoms. The fraction of sp³-hybridized carbons (Fsp3) is 0.316. The van der Waals surface area contributed by atoms with Gasteiger partial charge < -0.3 is 9.80 Å². The Balaban J connectivity index is 1.81. The molecule has 1 atom stereocenters. The van der Waals surface area contributed by atoms with Gasteiger partial charge in [0.1, 0.15) is 5.75 Å². The molecule has 2 aromatic rings. The van der Waals surface area contributed by atoms with E-state index in [4.69, 9.17) is 11.6 Å². The van der Waals surface area contributed by atoms with E-state index in [1.54, 1.807) is 4.90 Å². The van der Waals surface area contributed by atoms with E-state index in [9.17, 15) is 13.2 Å². The molecule has 1 amide bonds. The van der Waals surface area contributed by atoms with Crippen molar-refractivity contribution in [1.29, 1.82) is 0 Å². The third-order valence-corrected chi connectivity index (χ3v) is 6.44.